The number of hydrogen-bond donors (Lipinski definition) is 2. The predicted octanol–water partition coefficient (Wildman–Crippen LogP) is 2.34. The lowest BCUT2D eigenvalue weighted by atomic mass is 10.0. The van der Waals surface area contributed by atoms with Crippen LogP contribution in [0.1, 0.15) is 11.1 Å². The van der Waals surface area contributed by atoms with E-state index in [2.05, 4.69) is 21.2 Å². The fraction of sp³-hybridized carbons (Fsp3) is 0.176. The first-order chi connectivity index (χ1) is 11.0. The Labute approximate surface area is 142 Å². The quantitative estimate of drug-likeness (QED) is 0.809. The summed E-state index contributed by atoms with van der Waals surface area (Å²) >= 11 is 3.40. The highest BCUT2D eigenvalue weighted by atomic mass is 79.9. The third-order valence-corrected chi connectivity index (χ3v) is 4.11. The second kappa shape index (κ2) is 7.87. The Kier molecular flexibility index (Phi) is 5.87. The molecule has 0 bridgehead atoms. The molecule has 0 fully saturated rings. The zero-order valence-corrected chi connectivity index (χ0v) is 13.8. The SMILES string of the molecule is NC(=O)[C@@H](Cc1ccccc1Br)NC(=O)Cc1ccc(F)cc1. The van der Waals surface area contributed by atoms with Gasteiger partial charge in [-0.2, -0.15) is 0 Å². The molecule has 0 aromatic heterocycles. The Morgan fingerprint density at radius 2 is 1.78 bits per heavy atom. The summed E-state index contributed by atoms with van der Waals surface area (Å²) < 4.78 is 13.7. The molecule has 2 rings (SSSR count). The van der Waals surface area contributed by atoms with E-state index in [0.717, 1.165) is 10.0 Å². The minimum atomic E-state index is -0.804. The molecule has 0 unspecified atom stereocenters. The van der Waals surface area contributed by atoms with Crippen molar-refractivity contribution in [1.82, 2.24) is 5.32 Å². The minimum absolute atomic E-state index is 0.0556. The number of amides is 2. The number of carbonyl (C=O) groups is 2. The second-order valence-electron chi connectivity index (χ2n) is 5.12. The van der Waals surface area contributed by atoms with Crippen molar-refractivity contribution in [2.75, 3.05) is 0 Å². The summed E-state index contributed by atoms with van der Waals surface area (Å²) in [5.41, 5.74) is 6.91. The summed E-state index contributed by atoms with van der Waals surface area (Å²) in [5, 5.41) is 2.63. The molecule has 0 saturated carbocycles. The molecule has 120 valence electrons. The molecule has 2 amide bonds. The van der Waals surface area contributed by atoms with Crippen molar-refractivity contribution in [2.45, 2.75) is 18.9 Å². The molecule has 23 heavy (non-hydrogen) atoms. The van der Waals surface area contributed by atoms with Crippen LogP contribution in [0.3, 0.4) is 0 Å². The van der Waals surface area contributed by atoms with Gasteiger partial charge >= 0.3 is 0 Å². The van der Waals surface area contributed by atoms with Crippen LogP contribution in [0.25, 0.3) is 0 Å². The molecule has 2 aromatic carbocycles. The van der Waals surface area contributed by atoms with Gasteiger partial charge in [-0.1, -0.05) is 46.3 Å². The molecule has 4 nitrogen and oxygen atoms in total. The zero-order chi connectivity index (χ0) is 16.8. The van der Waals surface area contributed by atoms with Gasteiger partial charge in [0.15, 0.2) is 0 Å². The van der Waals surface area contributed by atoms with Crippen molar-refractivity contribution in [3.63, 3.8) is 0 Å². The van der Waals surface area contributed by atoms with Crippen LogP contribution in [0.4, 0.5) is 4.39 Å². The lowest BCUT2D eigenvalue weighted by Crippen LogP contribution is -2.46. The topological polar surface area (TPSA) is 72.2 Å². The van der Waals surface area contributed by atoms with Crippen LogP contribution in [-0.4, -0.2) is 17.9 Å². The predicted molar refractivity (Wildman–Crippen MR) is 89.1 cm³/mol. The van der Waals surface area contributed by atoms with E-state index >= 15 is 0 Å². The molecule has 0 spiro atoms. The molecule has 3 N–H and O–H groups in total. The number of nitrogens with two attached hydrogens (primary N) is 1. The van der Waals surface area contributed by atoms with Gasteiger partial charge in [-0.3, -0.25) is 9.59 Å². The average Bonchev–Trinajstić information content (AvgIpc) is 2.51. The zero-order valence-electron chi connectivity index (χ0n) is 12.3. The molecule has 0 radical (unpaired) electrons. The van der Waals surface area contributed by atoms with Crippen molar-refractivity contribution < 1.29 is 14.0 Å². The normalized spacial score (nSPS) is 11.7. The van der Waals surface area contributed by atoms with Gasteiger partial charge in [-0.25, -0.2) is 4.39 Å². The number of rotatable bonds is 6. The van der Waals surface area contributed by atoms with Crippen molar-refractivity contribution >= 4 is 27.7 Å². The van der Waals surface area contributed by atoms with Gasteiger partial charge in [-0.05, 0) is 29.3 Å². The second-order valence-corrected chi connectivity index (χ2v) is 5.98. The Morgan fingerprint density at radius 3 is 2.39 bits per heavy atom. The van der Waals surface area contributed by atoms with E-state index in [4.69, 9.17) is 5.73 Å². The highest BCUT2D eigenvalue weighted by Gasteiger charge is 2.19. The van der Waals surface area contributed by atoms with Crippen LogP contribution in [0.15, 0.2) is 53.0 Å². The van der Waals surface area contributed by atoms with E-state index in [1.54, 1.807) is 0 Å². The van der Waals surface area contributed by atoms with E-state index in [1.807, 2.05) is 24.3 Å². The average molecular weight is 379 g/mol. The van der Waals surface area contributed by atoms with E-state index in [9.17, 15) is 14.0 Å². The molecule has 0 aliphatic heterocycles. The summed E-state index contributed by atoms with van der Waals surface area (Å²) in [5.74, 6) is -1.31. The highest BCUT2D eigenvalue weighted by Crippen LogP contribution is 2.17. The van der Waals surface area contributed by atoms with Gasteiger partial charge in [0.25, 0.3) is 0 Å². The maximum Gasteiger partial charge on any atom is 0.240 e. The first-order valence-electron chi connectivity index (χ1n) is 7.02. The van der Waals surface area contributed by atoms with Crippen LogP contribution in [0.2, 0.25) is 0 Å². The Bertz CT molecular complexity index is 704. The van der Waals surface area contributed by atoms with E-state index < -0.39 is 11.9 Å². The smallest absolute Gasteiger partial charge is 0.240 e. The summed E-state index contributed by atoms with van der Waals surface area (Å²) in [6, 6.07) is 12.2. The minimum Gasteiger partial charge on any atom is -0.368 e. The van der Waals surface area contributed by atoms with Gasteiger partial charge in [0, 0.05) is 10.9 Å². The lowest BCUT2D eigenvalue weighted by molar-refractivity contribution is -0.127. The largest absolute Gasteiger partial charge is 0.368 e. The van der Waals surface area contributed by atoms with Gasteiger partial charge in [0.2, 0.25) is 11.8 Å². The molecule has 0 heterocycles. The number of nitrogens with one attached hydrogen (secondary N) is 1. The Morgan fingerprint density at radius 1 is 1.13 bits per heavy atom. The van der Waals surface area contributed by atoms with Crippen LogP contribution < -0.4 is 11.1 Å². The maximum absolute atomic E-state index is 12.9. The third kappa shape index (κ3) is 5.17. The molecular weight excluding hydrogens is 363 g/mol. The van der Waals surface area contributed by atoms with Crippen molar-refractivity contribution in [1.29, 1.82) is 0 Å². The molecule has 0 aliphatic carbocycles. The van der Waals surface area contributed by atoms with Crippen LogP contribution >= 0.6 is 15.9 Å². The lowest BCUT2D eigenvalue weighted by Gasteiger charge is -2.16. The molecule has 0 saturated heterocycles. The van der Waals surface area contributed by atoms with Crippen LogP contribution in [-0.2, 0) is 22.4 Å². The van der Waals surface area contributed by atoms with Crippen LogP contribution in [0, 0.1) is 5.82 Å². The van der Waals surface area contributed by atoms with Crippen molar-refractivity contribution in [3.05, 3.63) is 69.9 Å². The molecule has 2 aromatic rings. The van der Waals surface area contributed by atoms with Crippen LogP contribution in [0.5, 0.6) is 0 Å². The number of hydrogen-bond acceptors (Lipinski definition) is 2. The number of halogens is 2. The Hall–Kier alpha value is -2.21. The summed E-state index contributed by atoms with van der Waals surface area (Å²) in [6.07, 6.45) is 0.353. The van der Waals surface area contributed by atoms with Crippen molar-refractivity contribution in [2.24, 2.45) is 5.73 Å². The fourth-order valence-electron chi connectivity index (χ4n) is 2.14. The summed E-state index contributed by atoms with van der Waals surface area (Å²) in [7, 11) is 0. The van der Waals surface area contributed by atoms with Gasteiger partial charge < -0.3 is 11.1 Å². The van der Waals surface area contributed by atoms with E-state index in [0.29, 0.717) is 12.0 Å². The number of carbonyl (C=O) groups excluding carboxylic acids is 2. The first kappa shape index (κ1) is 17.1. The first-order valence-corrected chi connectivity index (χ1v) is 7.81. The van der Waals surface area contributed by atoms with E-state index in [-0.39, 0.29) is 18.1 Å². The summed E-state index contributed by atoms with van der Waals surface area (Å²) in [6.45, 7) is 0. The van der Waals surface area contributed by atoms with E-state index in [1.165, 1.54) is 24.3 Å². The van der Waals surface area contributed by atoms with Gasteiger partial charge in [0.05, 0.1) is 6.42 Å². The number of benzene rings is 2. The summed E-state index contributed by atoms with van der Waals surface area (Å²) in [4.78, 5) is 23.7. The fourth-order valence-corrected chi connectivity index (χ4v) is 2.59. The highest BCUT2D eigenvalue weighted by molar-refractivity contribution is 9.10. The Balaban J connectivity index is 2.01. The van der Waals surface area contributed by atoms with Gasteiger partial charge in [0.1, 0.15) is 11.9 Å². The monoisotopic (exact) mass is 378 g/mol. The third-order valence-electron chi connectivity index (χ3n) is 3.34. The molecule has 1 atom stereocenters. The van der Waals surface area contributed by atoms with Gasteiger partial charge in [-0.15, -0.1) is 0 Å². The standard InChI is InChI=1S/C17H16BrFN2O2/c18-14-4-2-1-3-12(14)10-15(17(20)23)21-16(22)9-11-5-7-13(19)8-6-11/h1-8,15H,9-10H2,(H2,20,23)(H,21,22)/t15-/m1/s1. The molecule has 0 aliphatic rings. The molecular formula is C17H16BrFN2O2. The molecule has 6 heteroatoms. The maximum atomic E-state index is 12.9. The van der Waals surface area contributed by atoms with Crippen molar-refractivity contribution in [3.8, 4) is 0 Å². The number of primary amides is 1.